The van der Waals surface area contributed by atoms with E-state index in [1.54, 1.807) is 200 Å². The number of fused-ring (bicyclic) bond motifs is 5. The molecule has 1 fully saturated rings. The van der Waals surface area contributed by atoms with Gasteiger partial charge in [-0.3, -0.25) is 23.6 Å². The van der Waals surface area contributed by atoms with Gasteiger partial charge in [-0.2, -0.15) is 92.2 Å². The smallest absolute Gasteiger partial charge is 0.340 e. The molecule has 25 nitrogen and oxygen atoms in total. The summed E-state index contributed by atoms with van der Waals surface area (Å²) >= 11 is 5.54. The predicted molar refractivity (Wildman–Crippen MR) is 551 cm³/mol. The molecule has 0 atom stereocenters. The SMILES string of the molecule is CCCS(=O)(=O)Nc1ccc(-c2c(C#N)c3ccc(C(F)(F)F)cc3n2CC)cc1.CCn1c(-c2ccc(NS(=O)(=O)C(C)C)cc2)c(C#N)c2ccc(C(F)(F)F)cc21.CCn1c(-c2ccc(NS(=O)(=O)C3CC3)cc2)c(C#N)c2ccc(C(F)(F)F)cc21.CCn1c(-c2ccc(NS(=O)(=O)CC)cc2)c(C#N)c2ccc(C(F)(F)F)cc21.CCn1c(-c2ccc(NS(=O)(=O)CCCCl)cc2)c(C#N)c2ccc(C(F)(F)F)cc21. The summed E-state index contributed by atoms with van der Waals surface area (Å²) in [7, 11) is -17.3. The van der Waals surface area contributed by atoms with Gasteiger partial charge in [-0.15, -0.1) is 11.6 Å². The van der Waals surface area contributed by atoms with Gasteiger partial charge < -0.3 is 22.8 Å². The van der Waals surface area contributed by atoms with E-state index in [0.29, 0.717) is 198 Å². The van der Waals surface area contributed by atoms with E-state index in [1.165, 1.54) is 37.3 Å². The number of aryl methyl sites for hydroxylation is 5. The van der Waals surface area contributed by atoms with Gasteiger partial charge in [-0.1, -0.05) is 97.9 Å². The van der Waals surface area contributed by atoms with E-state index >= 15 is 0 Å². The monoisotopic (exact) mass is 2190 g/mol. The molecule has 10 aromatic carbocycles. The second-order valence-corrected chi connectivity index (χ2v) is 44.6. The molecule has 1 saturated carbocycles. The van der Waals surface area contributed by atoms with E-state index in [0.717, 1.165) is 60.7 Å². The van der Waals surface area contributed by atoms with Gasteiger partial charge in [-0.25, -0.2) is 42.1 Å². The van der Waals surface area contributed by atoms with Gasteiger partial charge in [0.05, 0.1) is 139 Å². The van der Waals surface area contributed by atoms with Crippen LogP contribution in [-0.4, -0.2) is 98.6 Å². The van der Waals surface area contributed by atoms with Crippen LogP contribution in [0.5, 0.6) is 0 Å². The Hall–Kier alpha value is -14.7. The standard InChI is InChI=1S/C21H19ClF3N3O2S.C21H18F3N3O2S.2C21H20F3N3O2S.C20H18F3N3O2S/c1-2-28-19-12-15(21(23,24)25)6-9-17(19)18(13-26)20(28)14-4-7-16(8-5-14)27-31(29,30)11-3-10-22;1-2-27-19-11-14(21(22,23)24)5-10-17(19)18(12-25)20(27)13-3-6-15(7-4-13)26-30(28,29)16-8-9-16;1-4-27-19-11-15(21(22,23)24)7-10-17(19)18(12-25)20(27)14-5-8-16(9-6-14)26-30(28,29)13(2)3;1-3-11-30(28,29)26-16-8-5-14(6-9-16)20-18(13-25)17-10-7-15(21(22,23)24)12-19(17)27(20)4-2;1-3-26-18-11-14(20(21,22)23)7-10-16(18)17(12-24)19(26)13-5-8-15(9-6-13)25-29(27,28)4-2/h4-9,12,27H,2-3,10-11H2,1H3;3-7,10-11,16,26H,2,8-9H2,1H3;5-11,13,26H,4H2,1-3H3;5-10,12,26H,3-4,11H2,1-2H3;5-11,25H,3-4H2,1-2H3. The summed E-state index contributed by atoms with van der Waals surface area (Å²) in [4.78, 5) is 0. The number of hydrogen-bond acceptors (Lipinski definition) is 15. The molecule has 150 heavy (non-hydrogen) atoms. The van der Waals surface area contributed by atoms with Crippen molar-refractivity contribution in [3.63, 3.8) is 0 Å². The van der Waals surface area contributed by atoms with Crippen LogP contribution in [0.2, 0.25) is 0 Å². The lowest BCUT2D eigenvalue weighted by Gasteiger charge is -2.13. The van der Waals surface area contributed by atoms with E-state index < -0.39 is 114 Å². The minimum absolute atomic E-state index is 0.00105. The molecule has 15 aromatic rings. The average Bonchev–Trinajstić information content (AvgIpc) is 1.62. The summed E-state index contributed by atoms with van der Waals surface area (Å²) < 4.78 is 338. The van der Waals surface area contributed by atoms with Gasteiger partial charge in [0.15, 0.2) is 0 Å². The molecule has 0 bridgehead atoms. The van der Waals surface area contributed by atoms with Crippen molar-refractivity contribution in [3.05, 3.63) is 268 Å². The number of alkyl halides is 16. The summed E-state index contributed by atoms with van der Waals surface area (Å²) in [6.07, 6.45) is -20.3. The molecule has 0 saturated heterocycles. The van der Waals surface area contributed by atoms with Gasteiger partial charge in [0.1, 0.15) is 30.3 Å². The number of nitrogens with one attached hydrogen (secondary N) is 5. The van der Waals surface area contributed by atoms with E-state index in [4.69, 9.17) is 11.6 Å². The molecule has 0 spiro atoms. The number of nitrogens with zero attached hydrogens (tertiary/aromatic N) is 10. The Labute approximate surface area is 859 Å². The Morgan fingerprint density at radius 1 is 0.313 bits per heavy atom. The number of sulfonamides is 5. The third-order valence-corrected chi connectivity index (χ3v) is 32.3. The number of benzene rings is 10. The Balaban J connectivity index is 0.000000166. The third-order valence-electron chi connectivity index (χ3n) is 24.2. The van der Waals surface area contributed by atoms with Crippen LogP contribution in [0.3, 0.4) is 0 Å². The Morgan fingerprint density at radius 3 is 0.713 bits per heavy atom. The largest absolute Gasteiger partial charge is 0.416 e. The highest BCUT2D eigenvalue weighted by Gasteiger charge is 2.40. The molecule has 0 radical (unpaired) electrons. The van der Waals surface area contributed by atoms with Crippen molar-refractivity contribution in [3.8, 4) is 86.6 Å². The van der Waals surface area contributed by atoms with Crippen LogP contribution >= 0.6 is 11.6 Å². The number of halogens is 16. The van der Waals surface area contributed by atoms with Crippen LogP contribution in [0.4, 0.5) is 94.3 Å². The second kappa shape index (κ2) is 45.4. The first kappa shape index (κ1) is 114. The quantitative estimate of drug-likeness (QED) is 0.0225. The molecule has 46 heteroatoms. The molecule has 0 aliphatic heterocycles. The maximum atomic E-state index is 13.2. The van der Waals surface area contributed by atoms with Gasteiger partial charge in [0.2, 0.25) is 50.1 Å². The Bertz CT molecular complexity index is 8270. The maximum Gasteiger partial charge on any atom is 0.416 e. The first-order chi connectivity index (χ1) is 70.5. The van der Waals surface area contributed by atoms with Gasteiger partial charge in [-0.05, 0) is 230 Å². The summed E-state index contributed by atoms with van der Waals surface area (Å²) in [5.41, 5.74) is 6.45. The predicted octanol–water partition coefficient (Wildman–Crippen LogP) is 26.4. The molecule has 5 N–H and O–H groups in total. The van der Waals surface area contributed by atoms with Crippen LogP contribution in [0.15, 0.2) is 212 Å². The van der Waals surface area contributed by atoms with Crippen molar-refractivity contribution in [2.45, 2.75) is 162 Å². The number of hydrogen-bond donors (Lipinski definition) is 5. The lowest BCUT2D eigenvalue weighted by molar-refractivity contribution is -0.138. The van der Waals surface area contributed by atoms with Crippen LogP contribution in [0.25, 0.3) is 111 Å². The average molecular weight is 2200 g/mol. The number of rotatable bonds is 28. The summed E-state index contributed by atoms with van der Waals surface area (Å²) in [6.45, 7) is 17.1. The van der Waals surface area contributed by atoms with Crippen molar-refractivity contribution >= 4 is 145 Å². The fraction of sp³-hybridized carbons (Fsp3) is 0.279. The third kappa shape index (κ3) is 25.5. The van der Waals surface area contributed by atoms with Crippen molar-refractivity contribution < 1.29 is 108 Å². The second-order valence-electron chi connectivity index (χ2n) is 34.4. The highest BCUT2D eigenvalue weighted by atomic mass is 35.5. The van der Waals surface area contributed by atoms with E-state index in [-0.39, 0.29) is 56.2 Å². The van der Waals surface area contributed by atoms with Crippen molar-refractivity contribution in [2.24, 2.45) is 0 Å². The minimum atomic E-state index is -4.49. The molecule has 5 heterocycles. The van der Waals surface area contributed by atoms with Crippen LogP contribution in [0, 0.1) is 56.7 Å². The summed E-state index contributed by atoms with van der Waals surface area (Å²) in [5.74, 6) is 0.0503. The normalized spacial score (nSPS) is 12.7. The Kier molecular flexibility index (Phi) is 34.5. The summed E-state index contributed by atoms with van der Waals surface area (Å²) in [6, 6.07) is 59.3. The number of anilines is 5. The molecule has 5 aromatic heterocycles. The van der Waals surface area contributed by atoms with E-state index in [9.17, 15) is 134 Å². The molecule has 0 amide bonds. The first-order valence-electron chi connectivity index (χ1n) is 46.3. The molecule has 1 aliphatic carbocycles. The summed E-state index contributed by atoms with van der Waals surface area (Å²) in [5, 5.41) is 49.8. The lowest BCUT2D eigenvalue weighted by atomic mass is 10.0. The maximum absolute atomic E-state index is 13.2. The van der Waals surface area contributed by atoms with Crippen molar-refractivity contribution in [1.82, 2.24) is 22.8 Å². The van der Waals surface area contributed by atoms with Crippen LogP contribution in [0.1, 0.15) is 144 Å². The fourth-order valence-electron chi connectivity index (χ4n) is 17.0. The Morgan fingerprint density at radius 2 is 0.527 bits per heavy atom. The lowest BCUT2D eigenvalue weighted by Crippen LogP contribution is -2.22. The van der Waals surface area contributed by atoms with Gasteiger partial charge in [0.25, 0.3) is 0 Å². The van der Waals surface area contributed by atoms with E-state index in [2.05, 4.69) is 54.0 Å². The fourth-order valence-corrected chi connectivity index (χ4v) is 22.2. The molecular formula is C104H95ClF15N15O10S5. The molecule has 788 valence electrons. The van der Waals surface area contributed by atoms with Gasteiger partial charge in [0, 0.05) is 94.0 Å². The van der Waals surface area contributed by atoms with Crippen molar-refractivity contribution in [2.75, 3.05) is 46.7 Å². The molecular weight excluding hydrogens is 2100 g/mol. The highest BCUT2D eigenvalue weighted by molar-refractivity contribution is 7.94. The molecule has 16 rings (SSSR count). The number of nitriles is 5. The van der Waals surface area contributed by atoms with Gasteiger partial charge >= 0.3 is 30.9 Å². The first-order valence-corrected chi connectivity index (χ1v) is 54.9. The van der Waals surface area contributed by atoms with Crippen LogP contribution < -0.4 is 23.6 Å². The zero-order valence-corrected chi connectivity index (χ0v) is 86.0. The zero-order valence-electron chi connectivity index (χ0n) is 81.2. The molecule has 0 unspecified atom stereocenters. The zero-order chi connectivity index (χ0) is 110. The topological polar surface area (TPSA) is 374 Å². The van der Waals surface area contributed by atoms with Crippen molar-refractivity contribution in [1.29, 1.82) is 26.3 Å². The highest BCUT2D eigenvalue weighted by Crippen LogP contribution is 2.46. The number of aromatic nitrogens is 5. The van der Waals surface area contributed by atoms with Crippen LogP contribution in [-0.2, 0) is 114 Å². The molecule has 1 aliphatic rings. The van der Waals surface area contributed by atoms with E-state index in [1.807, 2.05) is 0 Å². The minimum Gasteiger partial charge on any atom is -0.340 e.